The standard InChI is InChI=1S/C15H20N2O5/c1-4-22-10-8-15(13(20)21,14(10,2)3)17-12(19)9-5-6-16-11(18)7-9/h5-7,10H,4,8H2,1-3H3,(H,16,18)(H,17,19)(H,20,21)/t10-,15+/m1/s1. The molecule has 1 aliphatic rings. The molecule has 0 bridgehead atoms. The molecular formula is C15H20N2O5. The number of carboxylic acids is 1. The van der Waals surface area contributed by atoms with Crippen LogP contribution in [0.4, 0.5) is 0 Å². The smallest absolute Gasteiger partial charge is 0.330 e. The monoisotopic (exact) mass is 308 g/mol. The molecule has 1 heterocycles. The molecule has 7 heteroatoms. The Morgan fingerprint density at radius 2 is 2.18 bits per heavy atom. The molecule has 22 heavy (non-hydrogen) atoms. The Kier molecular flexibility index (Phi) is 4.10. The van der Waals surface area contributed by atoms with E-state index >= 15 is 0 Å². The molecule has 1 aliphatic carbocycles. The number of aromatic amines is 1. The van der Waals surface area contributed by atoms with Gasteiger partial charge in [-0.25, -0.2) is 4.79 Å². The van der Waals surface area contributed by atoms with Crippen LogP contribution in [-0.4, -0.2) is 40.2 Å². The van der Waals surface area contributed by atoms with Crippen LogP contribution in [0, 0.1) is 5.41 Å². The van der Waals surface area contributed by atoms with Gasteiger partial charge in [0.2, 0.25) is 5.56 Å². The largest absolute Gasteiger partial charge is 0.479 e. The Morgan fingerprint density at radius 3 is 2.68 bits per heavy atom. The van der Waals surface area contributed by atoms with Crippen LogP contribution >= 0.6 is 0 Å². The van der Waals surface area contributed by atoms with Gasteiger partial charge < -0.3 is 20.1 Å². The molecule has 0 aromatic carbocycles. The van der Waals surface area contributed by atoms with Gasteiger partial charge in [0.25, 0.3) is 5.91 Å². The van der Waals surface area contributed by atoms with Crippen molar-refractivity contribution >= 4 is 11.9 Å². The van der Waals surface area contributed by atoms with Crippen LogP contribution in [0.1, 0.15) is 37.6 Å². The maximum Gasteiger partial charge on any atom is 0.330 e. The van der Waals surface area contributed by atoms with Crippen LogP contribution in [0.25, 0.3) is 0 Å². The van der Waals surface area contributed by atoms with E-state index in [0.29, 0.717) is 6.61 Å². The van der Waals surface area contributed by atoms with Crippen molar-refractivity contribution in [3.05, 3.63) is 34.2 Å². The number of hydrogen-bond donors (Lipinski definition) is 3. The molecule has 1 fully saturated rings. The van der Waals surface area contributed by atoms with Gasteiger partial charge in [0.1, 0.15) is 5.54 Å². The first-order valence-corrected chi connectivity index (χ1v) is 7.11. The highest BCUT2D eigenvalue weighted by atomic mass is 16.5. The lowest BCUT2D eigenvalue weighted by molar-refractivity contribution is -0.190. The van der Waals surface area contributed by atoms with E-state index < -0.39 is 28.4 Å². The second kappa shape index (κ2) is 5.57. The van der Waals surface area contributed by atoms with Crippen LogP contribution in [0.5, 0.6) is 0 Å². The molecule has 1 saturated carbocycles. The summed E-state index contributed by atoms with van der Waals surface area (Å²) in [5.41, 5.74) is -2.46. The van der Waals surface area contributed by atoms with Gasteiger partial charge in [-0.1, -0.05) is 13.8 Å². The molecule has 1 aromatic rings. The number of carbonyl (C=O) groups excluding carboxylic acids is 1. The number of nitrogens with one attached hydrogen (secondary N) is 2. The molecule has 0 spiro atoms. The number of pyridine rings is 1. The van der Waals surface area contributed by atoms with E-state index in [1.165, 1.54) is 12.3 Å². The van der Waals surface area contributed by atoms with Gasteiger partial charge in [-0.05, 0) is 13.0 Å². The Morgan fingerprint density at radius 1 is 1.50 bits per heavy atom. The van der Waals surface area contributed by atoms with Gasteiger partial charge in [-0.15, -0.1) is 0 Å². The predicted octanol–water partition coefficient (Wildman–Crippen LogP) is 0.763. The number of carboxylic acid groups (broad SMARTS) is 1. The Bertz CT molecular complexity index is 651. The van der Waals surface area contributed by atoms with Gasteiger partial charge in [-0.3, -0.25) is 9.59 Å². The first-order valence-electron chi connectivity index (χ1n) is 7.11. The summed E-state index contributed by atoms with van der Waals surface area (Å²) < 4.78 is 5.54. The van der Waals surface area contributed by atoms with Crippen molar-refractivity contribution in [3.8, 4) is 0 Å². The first kappa shape index (κ1) is 16.2. The molecule has 0 radical (unpaired) electrons. The highest BCUT2D eigenvalue weighted by molar-refractivity contribution is 5.98. The molecule has 2 atom stereocenters. The third kappa shape index (κ3) is 2.41. The average Bonchev–Trinajstić information content (AvgIpc) is 2.45. The zero-order chi connectivity index (χ0) is 16.5. The summed E-state index contributed by atoms with van der Waals surface area (Å²) in [5, 5.41) is 12.2. The van der Waals surface area contributed by atoms with Crippen molar-refractivity contribution in [1.82, 2.24) is 10.3 Å². The molecule has 3 N–H and O–H groups in total. The number of aromatic nitrogens is 1. The molecule has 2 rings (SSSR count). The van der Waals surface area contributed by atoms with Crippen molar-refractivity contribution in [1.29, 1.82) is 0 Å². The van der Waals surface area contributed by atoms with Gasteiger partial charge >= 0.3 is 5.97 Å². The maximum atomic E-state index is 12.3. The number of hydrogen-bond acceptors (Lipinski definition) is 4. The van der Waals surface area contributed by atoms with Crippen molar-refractivity contribution < 1.29 is 19.4 Å². The fraction of sp³-hybridized carbons (Fsp3) is 0.533. The molecule has 0 saturated heterocycles. The SMILES string of the molecule is CCO[C@@H]1C[C@](NC(=O)c2cc[nH]c(=O)c2)(C(=O)O)C1(C)C. The summed E-state index contributed by atoms with van der Waals surface area (Å²) in [7, 11) is 0. The van der Waals surface area contributed by atoms with Crippen LogP contribution < -0.4 is 10.9 Å². The molecule has 1 aromatic heterocycles. The number of aliphatic carboxylic acids is 1. The Balaban J connectivity index is 2.26. The third-order valence-corrected chi connectivity index (χ3v) is 4.49. The fourth-order valence-corrected chi connectivity index (χ4v) is 2.89. The molecular weight excluding hydrogens is 288 g/mol. The summed E-state index contributed by atoms with van der Waals surface area (Å²) in [5.74, 6) is -1.69. The van der Waals surface area contributed by atoms with Gasteiger partial charge in [0.15, 0.2) is 0 Å². The number of rotatable bonds is 5. The summed E-state index contributed by atoms with van der Waals surface area (Å²) in [6.07, 6.45) is 1.30. The van der Waals surface area contributed by atoms with Crippen molar-refractivity contribution in [3.63, 3.8) is 0 Å². The molecule has 0 unspecified atom stereocenters. The van der Waals surface area contributed by atoms with Crippen molar-refractivity contribution in [2.75, 3.05) is 6.61 Å². The van der Waals surface area contributed by atoms with E-state index in [-0.39, 0.29) is 18.1 Å². The highest BCUT2D eigenvalue weighted by Crippen LogP contribution is 2.51. The van der Waals surface area contributed by atoms with Crippen molar-refractivity contribution in [2.24, 2.45) is 5.41 Å². The second-order valence-corrected chi connectivity index (χ2v) is 5.98. The van der Waals surface area contributed by atoms with Gasteiger partial charge in [-0.2, -0.15) is 0 Å². The van der Waals surface area contributed by atoms with Crippen LogP contribution in [0.3, 0.4) is 0 Å². The topological polar surface area (TPSA) is 108 Å². The summed E-state index contributed by atoms with van der Waals surface area (Å²) in [6.45, 7) is 5.82. The molecule has 0 aliphatic heterocycles. The fourth-order valence-electron chi connectivity index (χ4n) is 2.89. The van der Waals surface area contributed by atoms with E-state index in [1.807, 2.05) is 6.92 Å². The van der Waals surface area contributed by atoms with Crippen LogP contribution in [-0.2, 0) is 9.53 Å². The van der Waals surface area contributed by atoms with E-state index in [2.05, 4.69) is 10.3 Å². The molecule has 1 amide bonds. The minimum Gasteiger partial charge on any atom is -0.479 e. The van der Waals surface area contributed by atoms with Crippen molar-refractivity contribution in [2.45, 2.75) is 38.8 Å². The zero-order valence-electron chi connectivity index (χ0n) is 12.8. The minimum atomic E-state index is -1.41. The van der Waals surface area contributed by atoms with Crippen LogP contribution in [0.2, 0.25) is 0 Å². The van der Waals surface area contributed by atoms with E-state index in [9.17, 15) is 19.5 Å². The Labute approximate surface area is 127 Å². The zero-order valence-corrected chi connectivity index (χ0v) is 12.8. The molecule has 120 valence electrons. The average molecular weight is 308 g/mol. The second-order valence-electron chi connectivity index (χ2n) is 5.98. The summed E-state index contributed by atoms with van der Waals surface area (Å²) >= 11 is 0. The van der Waals surface area contributed by atoms with E-state index in [1.54, 1.807) is 13.8 Å². The number of H-pyrrole nitrogens is 1. The Hall–Kier alpha value is -2.15. The lowest BCUT2D eigenvalue weighted by Crippen LogP contribution is -2.76. The lowest BCUT2D eigenvalue weighted by atomic mass is 9.54. The first-order chi connectivity index (χ1) is 10.2. The lowest BCUT2D eigenvalue weighted by Gasteiger charge is -2.58. The van der Waals surface area contributed by atoms with Gasteiger partial charge in [0, 0.05) is 36.3 Å². The highest BCUT2D eigenvalue weighted by Gasteiger charge is 2.66. The van der Waals surface area contributed by atoms with Gasteiger partial charge in [0.05, 0.1) is 6.10 Å². The molecule has 7 nitrogen and oxygen atoms in total. The van der Waals surface area contributed by atoms with Crippen LogP contribution in [0.15, 0.2) is 23.1 Å². The number of ether oxygens (including phenoxy) is 1. The van der Waals surface area contributed by atoms with E-state index in [4.69, 9.17) is 4.74 Å². The summed E-state index contributed by atoms with van der Waals surface area (Å²) in [4.78, 5) is 37.7. The number of amides is 1. The normalized spacial score (nSPS) is 26.0. The number of carbonyl (C=O) groups is 2. The predicted molar refractivity (Wildman–Crippen MR) is 78.7 cm³/mol. The van der Waals surface area contributed by atoms with E-state index in [0.717, 1.165) is 6.07 Å². The minimum absolute atomic E-state index is 0.125. The quantitative estimate of drug-likeness (QED) is 0.744. The third-order valence-electron chi connectivity index (χ3n) is 4.49. The summed E-state index contributed by atoms with van der Waals surface area (Å²) in [6, 6.07) is 2.56. The maximum absolute atomic E-state index is 12.3.